The third-order valence-corrected chi connectivity index (χ3v) is 2.94. The summed E-state index contributed by atoms with van der Waals surface area (Å²) in [5.41, 5.74) is 0. The number of unbranched alkanes of at least 4 members (excludes halogenated alkanes) is 1. The molecule has 1 aromatic rings. The fraction of sp³-hybridized carbons (Fsp3) is 0.462. The largest absolute Gasteiger partial charge is 0.497 e. The van der Waals surface area contributed by atoms with Gasteiger partial charge in [-0.3, -0.25) is 0 Å². The fourth-order valence-electron chi connectivity index (χ4n) is 1.38. The van der Waals surface area contributed by atoms with Gasteiger partial charge in [0.2, 0.25) is 0 Å². The van der Waals surface area contributed by atoms with Gasteiger partial charge in [-0.1, -0.05) is 0 Å². The van der Waals surface area contributed by atoms with Gasteiger partial charge in [-0.15, -0.1) is 0 Å². The summed E-state index contributed by atoms with van der Waals surface area (Å²) >= 11 is 3.42. The Labute approximate surface area is 110 Å². The summed E-state index contributed by atoms with van der Waals surface area (Å²) in [6.45, 7) is 2.24. The fourth-order valence-corrected chi connectivity index (χ4v) is 1.86. The molecule has 0 fully saturated rings. The van der Waals surface area contributed by atoms with E-state index < -0.39 is 0 Å². The smallest absolute Gasteiger partial charge is 0.133 e. The van der Waals surface area contributed by atoms with Crippen LogP contribution < -0.4 is 9.47 Å². The number of Topliss-reactive ketones (excluding diaryl/α,β-unsaturated/α-hetero) is 1. The number of ether oxygens (including phenoxy) is 2. The van der Waals surface area contributed by atoms with Crippen molar-refractivity contribution in [2.45, 2.75) is 26.2 Å². The molecule has 1 aromatic carbocycles. The molecule has 0 saturated heterocycles. The lowest BCUT2D eigenvalue weighted by molar-refractivity contribution is -0.117. The van der Waals surface area contributed by atoms with E-state index in [-0.39, 0.29) is 5.78 Å². The minimum absolute atomic E-state index is 0.232. The zero-order chi connectivity index (χ0) is 12.7. The van der Waals surface area contributed by atoms with Crippen molar-refractivity contribution in [1.29, 1.82) is 0 Å². The van der Waals surface area contributed by atoms with Crippen LogP contribution in [0.3, 0.4) is 0 Å². The molecule has 0 saturated carbocycles. The van der Waals surface area contributed by atoms with Gasteiger partial charge in [0.15, 0.2) is 0 Å². The van der Waals surface area contributed by atoms with Crippen LogP contribution in [0.25, 0.3) is 0 Å². The second kappa shape index (κ2) is 7.33. The van der Waals surface area contributed by atoms with Crippen LogP contribution in [0.1, 0.15) is 26.2 Å². The first kappa shape index (κ1) is 14.0. The van der Waals surface area contributed by atoms with Gasteiger partial charge in [0.1, 0.15) is 17.3 Å². The van der Waals surface area contributed by atoms with Gasteiger partial charge in [0.05, 0.1) is 18.2 Å². The lowest BCUT2D eigenvalue weighted by Gasteiger charge is -2.09. The molecule has 0 bridgehead atoms. The van der Waals surface area contributed by atoms with Crippen LogP contribution in [-0.2, 0) is 4.79 Å². The Kier molecular flexibility index (Phi) is 6.05. The van der Waals surface area contributed by atoms with Crippen LogP contribution in [0, 0.1) is 0 Å². The van der Waals surface area contributed by atoms with Crippen molar-refractivity contribution in [1.82, 2.24) is 0 Å². The SMILES string of the molecule is COc1ccc(OCCCCC(C)=O)c(Br)c1. The summed E-state index contributed by atoms with van der Waals surface area (Å²) in [6.07, 6.45) is 2.40. The van der Waals surface area contributed by atoms with Crippen LogP contribution >= 0.6 is 15.9 Å². The molecule has 1 rings (SSSR count). The van der Waals surface area contributed by atoms with E-state index in [9.17, 15) is 4.79 Å². The van der Waals surface area contributed by atoms with Gasteiger partial charge in [-0.05, 0) is 53.9 Å². The van der Waals surface area contributed by atoms with Crippen molar-refractivity contribution in [3.63, 3.8) is 0 Å². The lowest BCUT2D eigenvalue weighted by atomic mass is 10.2. The van der Waals surface area contributed by atoms with Crippen LogP contribution in [0.5, 0.6) is 11.5 Å². The van der Waals surface area contributed by atoms with Crippen LogP contribution in [0.2, 0.25) is 0 Å². The summed E-state index contributed by atoms with van der Waals surface area (Å²) in [5, 5.41) is 0. The predicted molar refractivity (Wildman–Crippen MR) is 70.7 cm³/mol. The number of carbonyl (C=O) groups is 1. The average Bonchev–Trinajstić information content (AvgIpc) is 2.30. The number of ketones is 1. The highest BCUT2D eigenvalue weighted by Crippen LogP contribution is 2.29. The first-order valence-electron chi connectivity index (χ1n) is 5.59. The maximum atomic E-state index is 10.7. The molecule has 0 aliphatic heterocycles. The molecule has 0 aromatic heterocycles. The molecule has 0 spiro atoms. The Morgan fingerprint density at radius 2 is 2.12 bits per heavy atom. The maximum absolute atomic E-state index is 10.7. The predicted octanol–water partition coefficient (Wildman–Crippen LogP) is 3.60. The quantitative estimate of drug-likeness (QED) is 0.722. The summed E-state index contributed by atoms with van der Waals surface area (Å²) in [4.78, 5) is 10.7. The minimum Gasteiger partial charge on any atom is -0.497 e. The van der Waals surface area contributed by atoms with E-state index in [0.29, 0.717) is 13.0 Å². The van der Waals surface area contributed by atoms with E-state index in [1.165, 1.54) is 0 Å². The number of rotatable bonds is 7. The third kappa shape index (κ3) is 5.22. The van der Waals surface area contributed by atoms with E-state index >= 15 is 0 Å². The van der Waals surface area contributed by atoms with Gasteiger partial charge < -0.3 is 14.3 Å². The normalized spacial score (nSPS) is 10.1. The second-order valence-electron chi connectivity index (χ2n) is 3.80. The molecule has 0 radical (unpaired) electrons. The van der Waals surface area contributed by atoms with Crippen LogP contribution in [0.15, 0.2) is 22.7 Å². The Morgan fingerprint density at radius 1 is 1.35 bits per heavy atom. The van der Waals surface area contributed by atoms with Gasteiger partial charge in [0, 0.05) is 6.42 Å². The van der Waals surface area contributed by atoms with Crippen molar-refractivity contribution in [3.05, 3.63) is 22.7 Å². The Balaban J connectivity index is 2.34. The monoisotopic (exact) mass is 300 g/mol. The van der Waals surface area contributed by atoms with Gasteiger partial charge in [-0.2, -0.15) is 0 Å². The van der Waals surface area contributed by atoms with E-state index in [2.05, 4.69) is 15.9 Å². The number of benzene rings is 1. The van der Waals surface area contributed by atoms with E-state index in [1.807, 2.05) is 18.2 Å². The molecular formula is C13H17BrO3. The first-order valence-corrected chi connectivity index (χ1v) is 6.38. The molecule has 0 atom stereocenters. The van der Waals surface area contributed by atoms with Crippen molar-refractivity contribution in [3.8, 4) is 11.5 Å². The molecule has 0 aliphatic rings. The van der Waals surface area contributed by atoms with Gasteiger partial charge >= 0.3 is 0 Å². The van der Waals surface area contributed by atoms with Gasteiger partial charge in [-0.25, -0.2) is 0 Å². The van der Waals surface area contributed by atoms with Crippen molar-refractivity contribution in [2.75, 3.05) is 13.7 Å². The number of hydrogen-bond donors (Lipinski definition) is 0. The topological polar surface area (TPSA) is 35.5 Å². The molecule has 0 N–H and O–H groups in total. The van der Waals surface area contributed by atoms with Crippen molar-refractivity contribution >= 4 is 21.7 Å². The summed E-state index contributed by atoms with van der Waals surface area (Å²) < 4.78 is 11.6. The molecule has 17 heavy (non-hydrogen) atoms. The third-order valence-electron chi connectivity index (χ3n) is 2.32. The van der Waals surface area contributed by atoms with E-state index in [0.717, 1.165) is 28.8 Å². The van der Waals surface area contributed by atoms with Gasteiger partial charge in [0.25, 0.3) is 0 Å². The number of carbonyl (C=O) groups excluding carboxylic acids is 1. The van der Waals surface area contributed by atoms with Crippen molar-refractivity contribution < 1.29 is 14.3 Å². The Morgan fingerprint density at radius 3 is 2.71 bits per heavy atom. The zero-order valence-electron chi connectivity index (χ0n) is 10.2. The zero-order valence-corrected chi connectivity index (χ0v) is 11.7. The summed E-state index contributed by atoms with van der Waals surface area (Å²) in [6, 6.07) is 5.59. The molecule has 3 nitrogen and oxygen atoms in total. The van der Waals surface area contributed by atoms with Crippen LogP contribution in [-0.4, -0.2) is 19.5 Å². The second-order valence-corrected chi connectivity index (χ2v) is 4.66. The molecule has 94 valence electrons. The highest BCUT2D eigenvalue weighted by molar-refractivity contribution is 9.10. The van der Waals surface area contributed by atoms with Crippen LogP contribution in [0.4, 0.5) is 0 Å². The standard InChI is InChI=1S/C13H17BrO3/c1-10(15)5-3-4-8-17-13-7-6-11(16-2)9-12(13)14/h6-7,9H,3-5,8H2,1-2H3. The van der Waals surface area contributed by atoms with E-state index in [1.54, 1.807) is 14.0 Å². The highest BCUT2D eigenvalue weighted by Gasteiger charge is 2.02. The average molecular weight is 301 g/mol. The molecule has 0 unspecified atom stereocenters. The summed E-state index contributed by atoms with van der Waals surface area (Å²) in [5.74, 6) is 1.82. The highest BCUT2D eigenvalue weighted by atomic mass is 79.9. The Bertz CT molecular complexity index is 377. The first-order chi connectivity index (χ1) is 8.13. The Hall–Kier alpha value is -1.03. The lowest BCUT2D eigenvalue weighted by Crippen LogP contribution is -1.99. The number of halogens is 1. The molecule has 0 aliphatic carbocycles. The van der Waals surface area contributed by atoms with Crippen molar-refractivity contribution in [2.24, 2.45) is 0 Å². The molecular weight excluding hydrogens is 284 g/mol. The summed E-state index contributed by atoms with van der Waals surface area (Å²) in [7, 11) is 1.63. The molecule has 0 amide bonds. The molecule has 0 heterocycles. The minimum atomic E-state index is 0.232. The van der Waals surface area contributed by atoms with E-state index in [4.69, 9.17) is 9.47 Å². The number of methoxy groups -OCH3 is 1. The molecule has 4 heteroatoms. The number of hydrogen-bond acceptors (Lipinski definition) is 3. The maximum Gasteiger partial charge on any atom is 0.133 e.